The molecule has 0 unspecified atom stereocenters. The first-order chi connectivity index (χ1) is 11.6. The van der Waals surface area contributed by atoms with Gasteiger partial charge in [-0.15, -0.1) is 0 Å². The number of nitrogens with one attached hydrogen (secondary N) is 1. The molecule has 0 saturated carbocycles. The predicted octanol–water partition coefficient (Wildman–Crippen LogP) is 2.51. The molecule has 24 heavy (non-hydrogen) atoms. The highest BCUT2D eigenvalue weighted by Crippen LogP contribution is 2.12. The number of ether oxygens (including phenoxy) is 2. The second kappa shape index (κ2) is 8.34. The van der Waals surface area contributed by atoms with Gasteiger partial charge in [-0.25, -0.2) is 4.79 Å². The van der Waals surface area contributed by atoms with Gasteiger partial charge in [0.1, 0.15) is 5.75 Å². The van der Waals surface area contributed by atoms with Gasteiger partial charge in [-0.2, -0.15) is 5.26 Å². The number of amides is 1. The normalized spacial score (nSPS) is 11.0. The number of esters is 1. The van der Waals surface area contributed by atoms with Gasteiger partial charge >= 0.3 is 5.97 Å². The van der Waals surface area contributed by atoms with Gasteiger partial charge in [-0.1, -0.05) is 18.2 Å². The average molecular weight is 324 g/mol. The van der Waals surface area contributed by atoms with Crippen molar-refractivity contribution in [1.82, 2.24) is 0 Å². The predicted molar refractivity (Wildman–Crippen MR) is 87.3 cm³/mol. The average Bonchev–Trinajstić information content (AvgIpc) is 2.61. The fraction of sp³-hybridized carbons (Fsp3) is 0.167. The Balaban J connectivity index is 1.78. The molecule has 0 heterocycles. The van der Waals surface area contributed by atoms with Crippen LogP contribution in [0, 0.1) is 11.3 Å². The van der Waals surface area contributed by atoms with Gasteiger partial charge < -0.3 is 14.8 Å². The van der Waals surface area contributed by atoms with E-state index in [9.17, 15) is 9.59 Å². The number of carbonyl (C=O) groups excluding carboxylic acids is 2. The molecule has 6 nitrogen and oxygen atoms in total. The zero-order valence-corrected chi connectivity index (χ0v) is 13.1. The highest BCUT2D eigenvalue weighted by Gasteiger charge is 2.17. The quantitative estimate of drug-likeness (QED) is 0.825. The van der Waals surface area contributed by atoms with Crippen LogP contribution in [0.15, 0.2) is 54.6 Å². The molecule has 1 N–H and O–H groups in total. The molecule has 6 heteroatoms. The Kier molecular flexibility index (Phi) is 5.92. The monoisotopic (exact) mass is 324 g/mol. The summed E-state index contributed by atoms with van der Waals surface area (Å²) in [5.74, 6) is -0.558. The first-order valence-corrected chi connectivity index (χ1v) is 7.27. The lowest BCUT2D eigenvalue weighted by Gasteiger charge is -2.13. The van der Waals surface area contributed by atoms with E-state index in [0.717, 1.165) is 0 Å². The molecule has 0 aliphatic rings. The smallest absolute Gasteiger partial charge is 0.347 e. The van der Waals surface area contributed by atoms with E-state index in [2.05, 4.69) is 5.32 Å². The van der Waals surface area contributed by atoms with Crippen molar-refractivity contribution in [2.45, 2.75) is 13.0 Å². The molecule has 0 fully saturated rings. The van der Waals surface area contributed by atoms with Crippen molar-refractivity contribution in [2.24, 2.45) is 0 Å². The van der Waals surface area contributed by atoms with Crippen molar-refractivity contribution < 1.29 is 19.1 Å². The Morgan fingerprint density at radius 1 is 1.12 bits per heavy atom. The third kappa shape index (κ3) is 5.14. The van der Waals surface area contributed by atoms with E-state index in [-0.39, 0.29) is 0 Å². The largest absolute Gasteiger partial charge is 0.479 e. The van der Waals surface area contributed by atoms with Crippen LogP contribution in [0.2, 0.25) is 0 Å². The van der Waals surface area contributed by atoms with Crippen molar-refractivity contribution in [2.75, 3.05) is 11.9 Å². The van der Waals surface area contributed by atoms with Gasteiger partial charge in [0.25, 0.3) is 5.91 Å². The summed E-state index contributed by atoms with van der Waals surface area (Å²) >= 11 is 0. The maximum Gasteiger partial charge on any atom is 0.347 e. The molecule has 0 aliphatic heterocycles. The SMILES string of the molecule is C[C@H](Oc1ccccc1)C(=O)OCC(=O)Nc1ccc(C#N)cc1. The molecule has 0 aliphatic carbocycles. The lowest BCUT2D eigenvalue weighted by Crippen LogP contribution is -2.29. The third-order valence-corrected chi connectivity index (χ3v) is 3.03. The lowest BCUT2D eigenvalue weighted by molar-refractivity contribution is -0.153. The molecule has 2 rings (SSSR count). The number of nitrogens with zero attached hydrogens (tertiary/aromatic N) is 1. The molecular formula is C18H16N2O4. The Hall–Kier alpha value is -3.33. The molecular weight excluding hydrogens is 308 g/mol. The maximum atomic E-state index is 11.8. The summed E-state index contributed by atoms with van der Waals surface area (Å²) in [5.41, 5.74) is 1.01. The number of hydrogen-bond donors (Lipinski definition) is 1. The molecule has 0 aromatic heterocycles. The standard InChI is InChI=1S/C18H16N2O4/c1-13(24-16-5-3-2-4-6-16)18(22)23-12-17(21)20-15-9-7-14(11-19)8-10-15/h2-10,13H,12H2,1H3,(H,20,21)/t13-/m0/s1. The molecule has 0 spiro atoms. The number of carbonyl (C=O) groups is 2. The number of rotatable bonds is 6. The summed E-state index contributed by atoms with van der Waals surface area (Å²) in [5, 5.41) is 11.3. The number of benzene rings is 2. The van der Waals surface area contributed by atoms with Crippen LogP contribution in [0.4, 0.5) is 5.69 Å². The zero-order valence-electron chi connectivity index (χ0n) is 13.1. The molecule has 2 aromatic carbocycles. The van der Waals surface area contributed by atoms with Crippen molar-refractivity contribution in [3.05, 3.63) is 60.2 Å². The first-order valence-electron chi connectivity index (χ1n) is 7.27. The zero-order chi connectivity index (χ0) is 17.4. The van der Waals surface area contributed by atoms with Crippen LogP contribution in [0.25, 0.3) is 0 Å². The van der Waals surface area contributed by atoms with Gasteiger partial charge in [0.2, 0.25) is 0 Å². The fourth-order valence-electron chi connectivity index (χ4n) is 1.83. The van der Waals surface area contributed by atoms with Crippen molar-refractivity contribution in [1.29, 1.82) is 5.26 Å². The van der Waals surface area contributed by atoms with Crippen LogP contribution in [0.5, 0.6) is 5.75 Å². The van der Waals surface area contributed by atoms with Gasteiger partial charge in [0, 0.05) is 5.69 Å². The molecule has 1 amide bonds. The molecule has 1 atom stereocenters. The summed E-state index contributed by atoms with van der Waals surface area (Å²) in [7, 11) is 0. The number of para-hydroxylation sites is 1. The van der Waals surface area contributed by atoms with Gasteiger partial charge in [0.15, 0.2) is 12.7 Å². The number of anilines is 1. The van der Waals surface area contributed by atoms with Gasteiger partial charge in [-0.05, 0) is 43.3 Å². The first kappa shape index (κ1) is 17.0. The van der Waals surface area contributed by atoms with E-state index in [0.29, 0.717) is 17.0 Å². The second-order valence-corrected chi connectivity index (χ2v) is 4.92. The molecule has 122 valence electrons. The number of nitriles is 1. The van der Waals surface area contributed by atoms with E-state index in [1.807, 2.05) is 12.1 Å². The number of hydrogen-bond acceptors (Lipinski definition) is 5. The van der Waals surface area contributed by atoms with Crippen molar-refractivity contribution in [3.63, 3.8) is 0 Å². The van der Waals surface area contributed by atoms with Crippen LogP contribution in [0.1, 0.15) is 12.5 Å². The summed E-state index contributed by atoms with van der Waals surface area (Å²) in [6.45, 7) is 1.13. The Morgan fingerprint density at radius 2 is 1.79 bits per heavy atom. The summed E-state index contributed by atoms with van der Waals surface area (Å²) in [6.07, 6.45) is -0.824. The van der Waals surface area contributed by atoms with E-state index in [1.165, 1.54) is 0 Å². The maximum absolute atomic E-state index is 11.8. The van der Waals surface area contributed by atoms with E-state index < -0.39 is 24.6 Å². The van der Waals surface area contributed by atoms with E-state index >= 15 is 0 Å². The van der Waals surface area contributed by atoms with Crippen LogP contribution in [0.3, 0.4) is 0 Å². The Morgan fingerprint density at radius 3 is 2.42 bits per heavy atom. The van der Waals surface area contributed by atoms with E-state index in [4.69, 9.17) is 14.7 Å². The van der Waals surface area contributed by atoms with Gasteiger partial charge in [0.05, 0.1) is 11.6 Å². The Bertz CT molecular complexity index is 736. The molecule has 2 aromatic rings. The minimum Gasteiger partial charge on any atom is -0.479 e. The van der Waals surface area contributed by atoms with Crippen LogP contribution in [-0.2, 0) is 14.3 Å². The lowest BCUT2D eigenvalue weighted by atomic mass is 10.2. The van der Waals surface area contributed by atoms with Crippen LogP contribution >= 0.6 is 0 Å². The minimum absolute atomic E-state index is 0.415. The van der Waals surface area contributed by atoms with Crippen molar-refractivity contribution >= 4 is 17.6 Å². The van der Waals surface area contributed by atoms with Crippen LogP contribution in [-0.4, -0.2) is 24.6 Å². The Labute approximate surface area is 139 Å². The molecule has 0 bridgehead atoms. The third-order valence-electron chi connectivity index (χ3n) is 3.03. The summed E-state index contributed by atoms with van der Waals surface area (Å²) in [6, 6.07) is 17.2. The fourth-order valence-corrected chi connectivity index (χ4v) is 1.83. The highest BCUT2D eigenvalue weighted by atomic mass is 16.6. The highest BCUT2D eigenvalue weighted by molar-refractivity contribution is 5.93. The molecule has 0 radical (unpaired) electrons. The molecule has 0 saturated heterocycles. The second-order valence-electron chi connectivity index (χ2n) is 4.92. The summed E-state index contributed by atoms with van der Waals surface area (Å²) in [4.78, 5) is 23.6. The van der Waals surface area contributed by atoms with Gasteiger partial charge in [-0.3, -0.25) is 4.79 Å². The summed E-state index contributed by atoms with van der Waals surface area (Å²) < 4.78 is 10.3. The van der Waals surface area contributed by atoms with Crippen molar-refractivity contribution in [3.8, 4) is 11.8 Å². The van der Waals surface area contributed by atoms with E-state index in [1.54, 1.807) is 55.5 Å². The minimum atomic E-state index is -0.824. The van der Waals surface area contributed by atoms with Crippen LogP contribution < -0.4 is 10.1 Å². The topological polar surface area (TPSA) is 88.4 Å².